The Labute approximate surface area is 77.7 Å². The number of nitrogens with one attached hydrogen (secondary N) is 1. The number of hydrogen-bond donors (Lipinski definition) is 1. The van der Waals surface area contributed by atoms with E-state index in [0.29, 0.717) is 17.9 Å². The molecule has 0 bridgehead atoms. The van der Waals surface area contributed by atoms with Crippen molar-refractivity contribution in [3.8, 4) is 0 Å². The second kappa shape index (κ2) is 3.46. The minimum atomic E-state index is 0.456. The molecular formula is C9H15N3O. The summed E-state index contributed by atoms with van der Waals surface area (Å²) in [5, 5.41) is 11.3. The van der Waals surface area contributed by atoms with Crippen LogP contribution in [0.15, 0.2) is 4.42 Å². The van der Waals surface area contributed by atoms with E-state index in [2.05, 4.69) is 22.4 Å². The summed E-state index contributed by atoms with van der Waals surface area (Å²) in [6, 6.07) is 0.561. The highest BCUT2D eigenvalue weighted by atomic mass is 16.4. The highest BCUT2D eigenvalue weighted by Gasteiger charge is 2.23. The van der Waals surface area contributed by atoms with E-state index in [9.17, 15) is 0 Å². The van der Waals surface area contributed by atoms with Gasteiger partial charge in [-0.15, -0.1) is 10.2 Å². The van der Waals surface area contributed by atoms with E-state index in [-0.39, 0.29) is 0 Å². The first-order valence-corrected chi connectivity index (χ1v) is 4.79. The molecule has 0 aliphatic carbocycles. The molecule has 2 rings (SSSR count). The highest BCUT2D eigenvalue weighted by molar-refractivity contribution is 4.95. The molecule has 72 valence electrons. The fraction of sp³-hybridized carbons (Fsp3) is 0.778. The molecular weight excluding hydrogens is 166 g/mol. The third kappa shape index (κ3) is 1.88. The molecule has 1 aliphatic rings. The zero-order valence-corrected chi connectivity index (χ0v) is 8.08. The predicted molar refractivity (Wildman–Crippen MR) is 48.5 cm³/mol. The lowest BCUT2D eigenvalue weighted by Crippen LogP contribution is -2.34. The summed E-state index contributed by atoms with van der Waals surface area (Å²) in [6.07, 6.45) is 2.20. The molecule has 4 nitrogen and oxygen atoms in total. The van der Waals surface area contributed by atoms with Crippen LogP contribution in [-0.2, 0) is 0 Å². The van der Waals surface area contributed by atoms with Crippen LogP contribution in [0.4, 0.5) is 0 Å². The molecule has 0 saturated carbocycles. The summed E-state index contributed by atoms with van der Waals surface area (Å²) >= 11 is 0. The lowest BCUT2D eigenvalue weighted by atomic mass is 9.93. The first-order valence-electron chi connectivity index (χ1n) is 4.79. The molecule has 13 heavy (non-hydrogen) atoms. The Kier molecular flexibility index (Phi) is 2.31. The van der Waals surface area contributed by atoms with Crippen LogP contribution in [0.2, 0.25) is 0 Å². The molecule has 1 aromatic rings. The largest absolute Gasteiger partial charge is 0.425 e. The van der Waals surface area contributed by atoms with Gasteiger partial charge < -0.3 is 9.73 Å². The summed E-state index contributed by atoms with van der Waals surface area (Å²) in [4.78, 5) is 0. The van der Waals surface area contributed by atoms with Gasteiger partial charge in [0.1, 0.15) is 0 Å². The Morgan fingerprint density at radius 3 is 2.92 bits per heavy atom. The summed E-state index contributed by atoms with van der Waals surface area (Å²) < 4.78 is 5.42. The van der Waals surface area contributed by atoms with Crippen molar-refractivity contribution >= 4 is 0 Å². The fourth-order valence-corrected chi connectivity index (χ4v) is 1.83. The average molecular weight is 181 g/mol. The Morgan fingerprint density at radius 1 is 1.46 bits per heavy atom. The van der Waals surface area contributed by atoms with Gasteiger partial charge in [0.05, 0.1) is 0 Å². The zero-order valence-electron chi connectivity index (χ0n) is 8.08. The maximum Gasteiger partial charge on any atom is 0.219 e. The summed E-state index contributed by atoms with van der Waals surface area (Å²) in [5.74, 6) is 1.93. The van der Waals surface area contributed by atoms with Gasteiger partial charge in [-0.3, -0.25) is 0 Å². The smallest absolute Gasteiger partial charge is 0.219 e. The number of nitrogens with zero attached hydrogens (tertiary/aromatic N) is 2. The SMILES string of the molecule is Cc1nnc([C@H]2CCN[C@@H](C)C2)o1. The van der Waals surface area contributed by atoms with Gasteiger partial charge in [-0.25, -0.2) is 0 Å². The molecule has 1 fully saturated rings. The average Bonchev–Trinajstić information content (AvgIpc) is 2.52. The molecule has 0 aromatic carbocycles. The minimum absolute atomic E-state index is 0.456. The van der Waals surface area contributed by atoms with Gasteiger partial charge in [0.2, 0.25) is 11.8 Å². The number of hydrogen-bond acceptors (Lipinski definition) is 4. The molecule has 4 heteroatoms. The van der Waals surface area contributed by atoms with Crippen LogP contribution in [0.25, 0.3) is 0 Å². The Morgan fingerprint density at radius 2 is 2.31 bits per heavy atom. The summed E-state index contributed by atoms with van der Waals surface area (Å²) in [5.41, 5.74) is 0. The lowest BCUT2D eigenvalue weighted by Gasteiger charge is -2.25. The van der Waals surface area contributed by atoms with Crippen molar-refractivity contribution in [3.05, 3.63) is 11.8 Å². The van der Waals surface area contributed by atoms with Gasteiger partial charge in [-0.2, -0.15) is 0 Å². The van der Waals surface area contributed by atoms with Gasteiger partial charge >= 0.3 is 0 Å². The fourth-order valence-electron chi connectivity index (χ4n) is 1.83. The van der Waals surface area contributed by atoms with Crippen LogP contribution >= 0.6 is 0 Å². The van der Waals surface area contributed by atoms with Crippen molar-refractivity contribution in [1.29, 1.82) is 0 Å². The molecule has 1 saturated heterocycles. The van der Waals surface area contributed by atoms with E-state index in [4.69, 9.17) is 4.42 Å². The molecule has 0 unspecified atom stereocenters. The van der Waals surface area contributed by atoms with E-state index in [0.717, 1.165) is 25.3 Å². The number of piperidine rings is 1. The molecule has 1 aromatic heterocycles. The van der Waals surface area contributed by atoms with E-state index in [1.54, 1.807) is 0 Å². The van der Waals surface area contributed by atoms with E-state index in [1.165, 1.54) is 0 Å². The molecule has 1 aliphatic heterocycles. The van der Waals surface area contributed by atoms with Crippen molar-refractivity contribution in [2.45, 2.75) is 38.6 Å². The molecule has 1 N–H and O–H groups in total. The van der Waals surface area contributed by atoms with Crippen LogP contribution in [0, 0.1) is 6.92 Å². The monoisotopic (exact) mass is 181 g/mol. The summed E-state index contributed by atoms with van der Waals surface area (Å²) in [7, 11) is 0. The first-order chi connectivity index (χ1) is 6.25. The van der Waals surface area contributed by atoms with Crippen molar-refractivity contribution in [1.82, 2.24) is 15.5 Å². The Balaban J connectivity index is 2.08. The van der Waals surface area contributed by atoms with Crippen molar-refractivity contribution in [2.24, 2.45) is 0 Å². The predicted octanol–water partition coefficient (Wildman–Crippen LogP) is 1.23. The van der Waals surface area contributed by atoms with Crippen LogP contribution in [0.3, 0.4) is 0 Å². The van der Waals surface area contributed by atoms with Crippen LogP contribution in [0.1, 0.15) is 37.5 Å². The topological polar surface area (TPSA) is 51.0 Å². The quantitative estimate of drug-likeness (QED) is 0.708. The summed E-state index contributed by atoms with van der Waals surface area (Å²) in [6.45, 7) is 5.07. The molecule has 0 amide bonds. The Hall–Kier alpha value is -0.900. The molecule has 2 heterocycles. The third-order valence-corrected chi connectivity index (χ3v) is 2.51. The van der Waals surface area contributed by atoms with Gasteiger partial charge in [0, 0.05) is 18.9 Å². The first kappa shape index (κ1) is 8.69. The maximum absolute atomic E-state index is 5.42. The van der Waals surface area contributed by atoms with Crippen molar-refractivity contribution in [2.75, 3.05) is 6.54 Å². The van der Waals surface area contributed by atoms with Gasteiger partial charge in [-0.1, -0.05) is 0 Å². The van der Waals surface area contributed by atoms with E-state index in [1.807, 2.05) is 6.92 Å². The molecule has 2 atom stereocenters. The Bertz CT molecular complexity index is 284. The third-order valence-electron chi connectivity index (χ3n) is 2.51. The zero-order chi connectivity index (χ0) is 9.26. The van der Waals surface area contributed by atoms with Crippen LogP contribution < -0.4 is 5.32 Å². The second-order valence-corrected chi connectivity index (χ2v) is 3.74. The van der Waals surface area contributed by atoms with Crippen molar-refractivity contribution in [3.63, 3.8) is 0 Å². The van der Waals surface area contributed by atoms with Crippen LogP contribution in [-0.4, -0.2) is 22.8 Å². The van der Waals surface area contributed by atoms with Gasteiger partial charge in [0.25, 0.3) is 0 Å². The minimum Gasteiger partial charge on any atom is -0.425 e. The van der Waals surface area contributed by atoms with Gasteiger partial charge in [-0.05, 0) is 26.3 Å². The molecule has 0 radical (unpaired) electrons. The number of aryl methyl sites for hydroxylation is 1. The van der Waals surface area contributed by atoms with E-state index < -0.39 is 0 Å². The maximum atomic E-state index is 5.42. The van der Waals surface area contributed by atoms with Crippen molar-refractivity contribution < 1.29 is 4.42 Å². The lowest BCUT2D eigenvalue weighted by molar-refractivity contribution is 0.325. The number of aromatic nitrogens is 2. The number of rotatable bonds is 1. The highest BCUT2D eigenvalue weighted by Crippen LogP contribution is 2.26. The standard InChI is InChI=1S/C9H15N3O/c1-6-5-8(3-4-10-6)9-12-11-7(2)13-9/h6,8,10H,3-5H2,1-2H3/t6-,8-/m0/s1. The van der Waals surface area contributed by atoms with E-state index >= 15 is 0 Å². The second-order valence-electron chi connectivity index (χ2n) is 3.74. The van der Waals surface area contributed by atoms with Gasteiger partial charge in [0.15, 0.2) is 0 Å². The van der Waals surface area contributed by atoms with Crippen LogP contribution in [0.5, 0.6) is 0 Å². The molecule has 0 spiro atoms. The normalized spacial score (nSPS) is 29.1.